The minimum Gasteiger partial charge on any atom is -0.395 e. The highest BCUT2D eigenvalue weighted by molar-refractivity contribution is 5.96. The van der Waals surface area contributed by atoms with Gasteiger partial charge in [0, 0.05) is 18.8 Å². The molecule has 0 saturated heterocycles. The van der Waals surface area contributed by atoms with Crippen LogP contribution in [-0.2, 0) is 6.54 Å². The highest BCUT2D eigenvalue weighted by atomic mass is 16.3. The summed E-state index contributed by atoms with van der Waals surface area (Å²) in [6, 6.07) is 0. The van der Waals surface area contributed by atoms with Gasteiger partial charge in [0.25, 0.3) is 5.91 Å². The maximum absolute atomic E-state index is 11.8. The van der Waals surface area contributed by atoms with E-state index in [-0.39, 0.29) is 19.1 Å². The largest absolute Gasteiger partial charge is 0.395 e. The van der Waals surface area contributed by atoms with Gasteiger partial charge in [0.2, 0.25) is 0 Å². The van der Waals surface area contributed by atoms with E-state index in [0.29, 0.717) is 5.56 Å². The van der Waals surface area contributed by atoms with E-state index in [1.807, 2.05) is 18.5 Å². The van der Waals surface area contributed by atoms with Crippen molar-refractivity contribution in [2.75, 3.05) is 13.2 Å². The van der Waals surface area contributed by atoms with Crippen molar-refractivity contribution in [3.63, 3.8) is 0 Å². The Hall–Kier alpha value is -1.36. The molecule has 0 spiro atoms. The maximum Gasteiger partial charge on any atom is 0.255 e. The second kappa shape index (κ2) is 5.65. The Balaban J connectivity index is 2.90. The number of nitrogens with one attached hydrogen (secondary N) is 1. The highest BCUT2D eigenvalue weighted by Gasteiger charge is 2.17. The van der Waals surface area contributed by atoms with Crippen LogP contribution in [0.1, 0.15) is 35.1 Å². The lowest BCUT2D eigenvalue weighted by molar-refractivity contribution is 0.0943. The van der Waals surface area contributed by atoms with Crippen molar-refractivity contribution in [1.82, 2.24) is 15.1 Å². The van der Waals surface area contributed by atoms with Gasteiger partial charge in [0.05, 0.1) is 17.9 Å². The SMILES string of the molecule is CCCn1nc(C)c(C(=O)NCCO)c1C. The Morgan fingerprint density at radius 2 is 2.19 bits per heavy atom. The number of aliphatic hydroxyl groups excluding tert-OH is 1. The Morgan fingerprint density at radius 3 is 2.75 bits per heavy atom. The summed E-state index contributed by atoms with van der Waals surface area (Å²) in [6.45, 7) is 6.84. The fourth-order valence-electron chi connectivity index (χ4n) is 1.71. The normalized spacial score (nSPS) is 10.5. The van der Waals surface area contributed by atoms with Gasteiger partial charge >= 0.3 is 0 Å². The van der Waals surface area contributed by atoms with Gasteiger partial charge in [-0.3, -0.25) is 9.48 Å². The molecule has 1 rings (SSSR count). The molecule has 1 heterocycles. The third kappa shape index (κ3) is 2.61. The Bertz CT molecular complexity index is 372. The Labute approximate surface area is 95.5 Å². The first-order valence-corrected chi connectivity index (χ1v) is 5.54. The molecule has 0 unspecified atom stereocenters. The number of carbonyl (C=O) groups excluding carboxylic acids is 1. The minimum atomic E-state index is -0.161. The summed E-state index contributed by atoms with van der Waals surface area (Å²) in [5.41, 5.74) is 2.25. The van der Waals surface area contributed by atoms with Crippen LogP contribution in [0.15, 0.2) is 0 Å². The van der Waals surface area contributed by atoms with Gasteiger partial charge in [-0.25, -0.2) is 0 Å². The first-order valence-electron chi connectivity index (χ1n) is 5.54. The van der Waals surface area contributed by atoms with E-state index in [9.17, 15) is 4.79 Å². The van der Waals surface area contributed by atoms with Crippen molar-refractivity contribution in [2.45, 2.75) is 33.7 Å². The lowest BCUT2D eigenvalue weighted by atomic mass is 10.2. The van der Waals surface area contributed by atoms with Crippen LogP contribution in [0.2, 0.25) is 0 Å². The predicted molar refractivity (Wildman–Crippen MR) is 61.4 cm³/mol. The summed E-state index contributed by atoms with van der Waals surface area (Å²) in [5.74, 6) is -0.161. The predicted octanol–water partition coefficient (Wildman–Crippen LogP) is 0.632. The number of aliphatic hydroxyl groups is 1. The average Bonchev–Trinajstić information content (AvgIpc) is 2.52. The van der Waals surface area contributed by atoms with Crippen LogP contribution in [0.25, 0.3) is 0 Å². The van der Waals surface area contributed by atoms with Crippen LogP contribution in [0.4, 0.5) is 0 Å². The first-order chi connectivity index (χ1) is 7.61. The van der Waals surface area contributed by atoms with Gasteiger partial charge < -0.3 is 10.4 Å². The zero-order chi connectivity index (χ0) is 12.1. The van der Waals surface area contributed by atoms with Crippen LogP contribution in [0.3, 0.4) is 0 Å². The van der Waals surface area contributed by atoms with E-state index in [0.717, 1.165) is 24.4 Å². The lowest BCUT2D eigenvalue weighted by Gasteiger charge is -2.04. The number of nitrogens with zero attached hydrogens (tertiary/aromatic N) is 2. The van der Waals surface area contributed by atoms with Crippen LogP contribution < -0.4 is 5.32 Å². The molecule has 0 aromatic carbocycles. The molecule has 5 heteroatoms. The molecular formula is C11H19N3O2. The summed E-state index contributed by atoms with van der Waals surface area (Å²) in [5, 5.41) is 15.6. The molecule has 5 nitrogen and oxygen atoms in total. The van der Waals surface area contributed by atoms with Gasteiger partial charge in [-0.1, -0.05) is 6.92 Å². The quantitative estimate of drug-likeness (QED) is 0.772. The number of aryl methyl sites for hydroxylation is 2. The van der Waals surface area contributed by atoms with Crippen LogP contribution in [0.5, 0.6) is 0 Å². The van der Waals surface area contributed by atoms with E-state index in [1.165, 1.54) is 0 Å². The van der Waals surface area contributed by atoms with Crippen molar-refractivity contribution in [3.8, 4) is 0 Å². The number of hydrogen-bond acceptors (Lipinski definition) is 3. The van der Waals surface area contributed by atoms with Crippen molar-refractivity contribution in [1.29, 1.82) is 0 Å². The lowest BCUT2D eigenvalue weighted by Crippen LogP contribution is -2.27. The molecule has 2 N–H and O–H groups in total. The molecule has 0 saturated carbocycles. The Morgan fingerprint density at radius 1 is 1.50 bits per heavy atom. The second-order valence-electron chi connectivity index (χ2n) is 3.75. The van der Waals surface area contributed by atoms with Crippen LogP contribution in [0, 0.1) is 13.8 Å². The molecule has 1 aromatic rings. The first kappa shape index (κ1) is 12.7. The number of hydrogen-bond donors (Lipinski definition) is 2. The van der Waals surface area contributed by atoms with Gasteiger partial charge in [-0.15, -0.1) is 0 Å². The molecule has 0 radical (unpaired) electrons. The standard InChI is InChI=1S/C11H19N3O2/c1-4-6-14-9(3)10(8(2)13-14)11(16)12-5-7-15/h15H,4-7H2,1-3H3,(H,12,16). The van der Waals surface area contributed by atoms with Gasteiger partial charge in [-0.05, 0) is 20.3 Å². The van der Waals surface area contributed by atoms with Gasteiger partial charge in [0.15, 0.2) is 0 Å². The molecule has 0 aliphatic heterocycles. The van der Waals surface area contributed by atoms with Gasteiger partial charge in [-0.2, -0.15) is 5.10 Å². The zero-order valence-corrected chi connectivity index (χ0v) is 10.1. The summed E-state index contributed by atoms with van der Waals surface area (Å²) in [7, 11) is 0. The summed E-state index contributed by atoms with van der Waals surface area (Å²) in [6.07, 6.45) is 0.986. The van der Waals surface area contributed by atoms with E-state index in [1.54, 1.807) is 0 Å². The van der Waals surface area contributed by atoms with Crippen molar-refractivity contribution in [3.05, 3.63) is 17.0 Å². The minimum absolute atomic E-state index is 0.0487. The summed E-state index contributed by atoms with van der Waals surface area (Å²) in [4.78, 5) is 11.8. The van der Waals surface area contributed by atoms with Crippen LogP contribution >= 0.6 is 0 Å². The molecule has 90 valence electrons. The van der Waals surface area contributed by atoms with E-state index < -0.39 is 0 Å². The zero-order valence-electron chi connectivity index (χ0n) is 10.1. The molecule has 0 atom stereocenters. The molecule has 0 aliphatic rings. The number of amides is 1. The smallest absolute Gasteiger partial charge is 0.255 e. The summed E-state index contributed by atoms with van der Waals surface area (Å²) >= 11 is 0. The fourth-order valence-corrected chi connectivity index (χ4v) is 1.71. The van der Waals surface area contributed by atoms with E-state index >= 15 is 0 Å². The molecule has 16 heavy (non-hydrogen) atoms. The third-order valence-electron chi connectivity index (χ3n) is 2.44. The number of aromatic nitrogens is 2. The fraction of sp³-hybridized carbons (Fsp3) is 0.636. The van der Waals surface area contributed by atoms with E-state index in [2.05, 4.69) is 17.3 Å². The second-order valence-corrected chi connectivity index (χ2v) is 3.75. The molecule has 1 amide bonds. The molecule has 0 aliphatic carbocycles. The van der Waals surface area contributed by atoms with Gasteiger partial charge in [0.1, 0.15) is 0 Å². The number of rotatable bonds is 5. The van der Waals surface area contributed by atoms with E-state index in [4.69, 9.17) is 5.11 Å². The average molecular weight is 225 g/mol. The topological polar surface area (TPSA) is 67.2 Å². The highest BCUT2D eigenvalue weighted by Crippen LogP contribution is 2.13. The molecular weight excluding hydrogens is 206 g/mol. The maximum atomic E-state index is 11.8. The molecule has 0 fully saturated rings. The number of carbonyl (C=O) groups is 1. The van der Waals surface area contributed by atoms with Crippen molar-refractivity contribution >= 4 is 5.91 Å². The summed E-state index contributed by atoms with van der Waals surface area (Å²) < 4.78 is 1.85. The Kier molecular flexibility index (Phi) is 4.49. The van der Waals surface area contributed by atoms with Crippen molar-refractivity contribution < 1.29 is 9.90 Å². The van der Waals surface area contributed by atoms with Crippen molar-refractivity contribution in [2.24, 2.45) is 0 Å². The molecule has 0 bridgehead atoms. The monoisotopic (exact) mass is 225 g/mol. The molecule has 1 aromatic heterocycles. The van der Waals surface area contributed by atoms with Crippen LogP contribution in [-0.4, -0.2) is 33.9 Å². The third-order valence-corrected chi connectivity index (χ3v) is 2.44.